The van der Waals surface area contributed by atoms with E-state index in [4.69, 9.17) is 0 Å². The Bertz CT molecular complexity index is 825. The summed E-state index contributed by atoms with van der Waals surface area (Å²) < 4.78 is 0. The Morgan fingerprint density at radius 3 is 2.50 bits per heavy atom. The minimum absolute atomic E-state index is 0.262. The molecule has 1 aromatic heterocycles. The number of carbonyl (C=O) groups is 1. The van der Waals surface area contributed by atoms with E-state index in [0.29, 0.717) is 16.5 Å². The first-order valence-electron chi connectivity index (χ1n) is 6.09. The fourth-order valence-electron chi connectivity index (χ4n) is 1.97. The molecular formula is C15H11N3O2. The van der Waals surface area contributed by atoms with Crippen molar-refractivity contribution in [3.05, 3.63) is 70.6 Å². The van der Waals surface area contributed by atoms with Crippen LogP contribution in [0.15, 0.2) is 59.4 Å². The fraction of sp³-hybridized carbons (Fsp3) is 0. The van der Waals surface area contributed by atoms with Gasteiger partial charge in [-0.15, -0.1) is 0 Å². The summed E-state index contributed by atoms with van der Waals surface area (Å²) in [4.78, 5) is 30.1. The molecule has 1 amide bonds. The smallest absolute Gasteiger partial charge is 0.306 e. The molecule has 0 aliphatic carbocycles. The number of rotatable bonds is 2. The van der Waals surface area contributed by atoms with Gasteiger partial charge < -0.3 is 10.3 Å². The summed E-state index contributed by atoms with van der Waals surface area (Å²) in [6.45, 7) is 0. The molecule has 0 radical (unpaired) electrons. The van der Waals surface area contributed by atoms with Crippen LogP contribution in [-0.2, 0) is 0 Å². The number of amides is 1. The average Bonchev–Trinajstić information content (AvgIpc) is 2.48. The van der Waals surface area contributed by atoms with Crippen molar-refractivity contribution in [2.75, 3.05) is 5.32 Å². The molecule has 5 nitrogen and oxygen atoms in total. The zero-order valence-corrected chi connectivity index (χ0v) is 10.5. The summed E-state index contributed by atoms with van der Waals surface area (Å²) in [5.41, 5.74) is 0.654. The molecule has 0 bridgehead atoms. The fourth-order valence-corrected chi connectivity index (χ4v) is 1.97. The predicted molar refractivity (Wildman–Crippen MR) is 76.8 cm³/mol. The molecule has 98 valence electrons. The number of anilines is 1. The minimum atomic E-state index is -0.493. The second kappa shape index (κ2) is 4.97. The Hall–Kier alpha value is -2.95. The van der Waals surface area contributed by atoms with Crippen LogP contribution in [0.1, 0.15) is 10.4 Å². The number of nitrogens with one attached hydrogen (secondary N) is 2. The SMILES string of the molecule is O=C(Nc1nc(=O)[nH]c2ccccc12)c1ccccc1. The lowest BCUT2D eigenvalue weighted by Crippen LogP contribution is -2.18. The second-order valence-electron chi connectivity index (χ2n) is 4.26. The van der Waals surface area contributed by atoms with E-state index in [-0.39, 0.29) is 11.7 Å². The maximum atomic E-state index is 12.1. The first-order chi connectivity index (χ1) is 9.74. The molecule has 5 heteroatoms. The van der Waals surface area contributed by atoms with E-state index >= 15 is 0 Å². The number of para-hydroxylation sites is 1. The standard InChI is InChI=1S/C15H11N3O2/c19-14(10-6-2-1-3-7-10)17-13-11-8-4-5-9-12(11)16-15(20)18-13/h1-9H,(H2,16,17,18,19,20). The number of H-pyrrole nitrogens is 1. The Kier molecular flexibility index (Phi) is 3.01. The normalized spacial score (nSPS) is 10.4. The van der Waals surface area contributed by atoms with Crippen molar-refractivity contribution in [3.8, 4) is 0 Å². The highest BCUT2D eigenvalue weighted by atomic mass is 16.2. The second-order valence-corrected chi connectivity index (χ2v) is 4.26. The lowest BCUT2D eigenvalue weighted by atomic mass is 10.2. The van der Waals surface area contributed by atoms with Gasteiger partial charge in [0.05, 0.1) is 5.52 Å². The molecule has 0 unspecified atom stereocenters. The summed E-state index contributed by atoms with van der Waals surface area (Å²) in [5.74, 6) is -0.0351. The highest BCUT2D eigenvalue weighted by Crippen LogP contribution is 2.17. The molecule has 0 spiro atoms. The van der Waals surface area contributed by atoms with Gasteiger partial charge in [-0.2, -0.15) is 4.98 Å². The first kappa shape index (κ1) is 12.1. The largest absolute Gasteiger partial charge is 0.347 e. The number of aromatic nitrogens is 2. The van der Waals surface area contributed by atoms with E-state index in [1.165, 1.54) is 0 Å². The summed E-state index contributed by atoms with van der Waals surface area (Å²) in [7, 11) is 0. The van der Waals surface area contributed by atoms with E-state index in [2.05, 4.69) is 15.3 Å². The molecule has 2 aromatic carbocycles. The van der Waals surface area contributed by atoms with Crippen LogP contribution >= 0.6 is 0 Å². The molecule has 1 heterocycles. The van der Waals surface area contributed by atoms with Crippen molar-refractivity contribution in [2.24, 2.45) is 0 Å². The van der Waals surface area contributed by atoms with Crippen LogP contribution in [-0.4, -0.2) is 15.9 Å². The third-order valence-corrected chi connectivity index (χ3v) is 2.91. The highest BCUT2D eigenvalue weighted by molar-refractivity contribution is 6.07. The van der Waals surface area contributed by atoms with E-state index in [0.717, 1.165) is 0 Å². The van der Waals surface area contributed by atoms with E-state index in [1.807, 2.05) is 12.1 Å². The monoisotopic (exact) mass is 265 g/mol. The van der Waals surface area contributed by atoms with Gasteiger partial charge in [0.2, 0.25) is 0 Å². The Balaban J connectivity index is 2.03. The van der Waals surface area contributed by atoms with E-state index < -0.39 is 5.69 Å². The van der Waals surface area contributed by atoms with Crippen molar-refractivity contribution in [1.29, 1.82) is 0 Å². The lowest BCUT2D eigenvalue weighted by molar-refractivity contribution is 0.102. The third-order valence-electron chi connectivity index (χ3n) is 2.91. The van der Waals surface area contributed by atoms with E-state index in [9.17, 15) is 9.59 Å². The number of nitrogens with zero attached hydrogens (tertiary/aromatic N) is 1. The molecule has 0 saturated carbocycles. The predicted octanol–water partition coefficient (Wildman–Crippen LogP) is 2.18. The Morgan fingerprint density at radius 1 is 1.00 bits per heavy atom. The number of fused-ring (bicyclic) bond motifs is 1. The van der Waals surface area contributed by atoms with Gasteiger partial charge in [0.1, 0.15) is 5.82 Å². The van der Waals surface area contributed by atoms with Crippen molar-refractivity contribution in [1.82, 2.24) is 9.97 Å². The van der Waals surface area contributed by atoms with Gasteiger partial charge in [-0.25, -0.2) is 4.79 Å². The van der Waals surface area contributed by atoms with Gasteiger partial charge in [-0.1, -0.05) is 30.3 Å². The van der Waals surface area contributed by atoms with Gasteiger partial charge in [0.25, 0.3) is 5.91 Å². The van der Waals surface area contributed by atoms with Crippen LogP contribution in [0.25, 0.3) is 10.9 Å². The van der Waals surface area contributed by atoms with Crippen LogP contribution in [0.3, 0.4) is 0 Å². The zero-order valence-electron chi connectivity index (χ0n) is 10.5. The van der Waals surface area contributed by atoms with Crippen LogP contribution < -0.4 is 11.0 Å². The van der Waals surface area contributed by atoms with Crippen molar-refractivity contribution in [2.45, 2.75) is 0 Å². The molecule has 3 aromatic rings. The number of hydrogen-bond acceptors (Lipinski definition) is 3. The zero-order chi connectivity index (χ0) is 13.9. The van der Waals surface area contributed by atoms with Crippen LogP contribution in [0.4, 0.5) is 5.82 Å². The number of benzene rings is 2. The van der Waals surface area contributed by atoms with Gasteiger partial charge >= 0.3 is 5.69 Å². The Labute approximate surface area is 114 Å². The quantitative estimate of drug-likeness (QED) is 0.745. The summed E-state index contributed by atoms with van der Waals surface area (Å²) in [6.07, 6.45) is 0. The lowest BCUT2D eigenvalue weighted by Gasteiger charge is -2.07. The summed E-state index contributed by atoms with van der Waals surface area (Å²) in [6, 6.07) is 16.0. The van der Waals surface area contributed by atoms with Crippen LogP contribution in [0.5, 0.6) is 0 Å². The number of carbonyl (C=O) groups excluding carboxylic acids is 1. The Morgan fingerprint density at radius 2 is 1.70 bits per heavy atom. The molecule has 0 aliphatic rings. The number of aromatic amines is 1. The molecule has 0 aliphatic heterocycles. The molecule has 2 N–H and O–H groups in total. The van der Waals surface area contributed by atoms with Crippen molar-refractivity contribution < 1.29 is 4.79 Å². The summed E-state index contributed by atoms with van der Waals surface area (Å²) >= 11 is 0. The van der Waals surface area contributed by atoms with Gasteiger partial charge in [0, 0.05) is 10.9 Å². The van der Waals surface area contributed by atoms with Gasteiger partial charge in [-0.05, 0) is 24.3 Å². The van der Waals surface area contributed by atoms with Crippen LogP contribution in [0, 0.1) is 0 Å². The molecular weight excluding hydrogens is 254 g/mol. The minimum Gasteiger partial charge on any atom is -0.306 e. The first-order valence-corrected chi connectivity index (χ1v) is 6.09. The molecule has 0 fully saturated rings. The number of hydrogen-bond donors (Lipinski definition) is 2. The summed E-state index contributed by atoms with van der Waals surface area (Å²) in [5, 5.41) is 3.36. The van der Waals surface area contributed by atoms with E-state index in [1.54, 1.807) is 42.5 Å². The van der Waals surface area contributed by atoms with Crippen molar-refractivity contribution in [3.63, 3.8) is 0 Å². The maximum absolute atomic E-state index is 12.1. The molecule has 3 rings (SSSR count). The van der Waals surface area contributed by atoms with Crippen LogP contribution in [0.2, 0.25) is 0 Å². The van der Waals surface area contributed by atoms with Gasteiger partial charge in [-0.3, -0.25) is 4.79 Å². The topological polar surface area (TPSA) is 74.8 Å². The molecule has 0 saturated heterocycles. The maximum Gasteiger partial charge on any atom is 0.347 e. The van der Waals surface area contributed by atoms with Crippen molar-refractivity contribution >= 4 is 22.6 Å². The highest BCUT2D eigenvalue weighted by Gasteiger charge is 2.10. The van der Waals surface area contributed by atoms with Gasteiger partial charge in [0.15, 0.2) is 0 Å². The molecule has 0 atom stereocenters. The molecule has 20 heavy (non-hydrogen) atoms. The third kappa shape index (κ3) is 2.29. The average molecular weight is 265 g/mol.